The van der Waals surface area contributed by atoms with E-state index in [0.29, 0.717) is 31.8 Å². The van der Waals surface area contributed by atoms with Gasteiger partial charge in [-0.3, -0.25) is 4.79 Å². The highest BCUT2D eigenvalue weighted by Gasteiger charge is 2.41. The number of carbonyl (C=O) groups excluding carboxylic acids is 1. The lowest BCUT2D eigenvalue weighted by Crippen LogP contribution is -2.51. The second kappa shape index (κ2) is 10.7. The lowest BCUT2D eigenvalue weighted by molar-refractivity contribution is -0.143. The van der Waals surface area contributed by atoms with Crippen LogP contribution < -0.4 is 4.72 Å². The number of benzene rings is 1. The molecule has 1 N–H and O–H groups in total. The molecule has 1 aromatic heterocycles. The third-order valence-electron chi connectivity index (χ3n) is 6.20. The van der Waals surface area contributed by atoms with Gasteiger partial charge in [-0.15, -0.1) is 0 Å². The molecule has 202 valence electrons. The molecule has 0 spiro atoms. The number of carbonyl (C=O) groups is 1. The Hall–Kier alpha value is -3.05. The van der Waals surface area contributed by atoms with E-state index in [4.69, 9.17) is 0 Å². The zero-order valence-corrected chi connectivity index (χ0v) is 20.4. The molecule has 1 aliphatic rings. The Bertz CT molecular complexity index is 1270. The van der Waals surface area contributed by atoms with E-state index in [1.165, 1.54) is 21.7 Å². The minimum atomic E-state index is -5.27. The number of nitrogens with zero attached hydrogens (tertiary/aromatic N) is 3. The van der Waals surface area contributed by atoms with Crippen molar-refractivity contribution >= 4 is 15.9 Å². The van der Waals surface area contributed by atoms with Crippen LogP contribution in [0.3, 0.4) is 0 Å². The number of hydrogen-bond donors (Lipinski definition) is 1. The maximum atomic E-state index is 13.6. The van der Waals surface area contributed by atoms with Crippen molar-refractivity contribution in [2.45, 2.75) is 56.0 Å². The quantitative estimate of drug-likeness (QED) is 0.518. The van der Waals surface area contributed by atoms with Crippen LogP contribution in [0.2, 0.25) is 0 Å². The zero-order valence-electron chi connectivity index (χ0n) is 19.6. The van der Waals surface area contributed by atoms with E-state index in [-0.39, 0.29) is 36.9 Å². The number of halogens is 6. The summed E-state index contributed by atoms with van der Waals surface area (Å²) in [7, 11) is -5.25. The van der Waals surface area contributed by atoms with E-state index < -0.39 is 50.3 Å². The first-order valence-electron chi connectivity index (χ1n) is 11.3. The van der Waals surface area contributed by atoms with Gasteiger partial charge in [0.1, 0.15) is 17.8 Å². The van der Waals surface area contributed by atoms with E-state index in [0.717, 1.165) is 0 Å². The Kier molecular flexibility index (Phi) is 8.28. The summed E-state index contributed by atoms with van der Waals surface area (Å²) in [4.78, 5) is 13.0. The number of nitriles is 1. The molecule has 0 bridgehead atoms. The Balaban J connectivity index is 1.99. The number of nitrogens with one attached hydrogen (secondary N) is 1. The number of alkyl halides is 6. The number of sulfonamides is 1. The predicted octanol–water partition coefficient (Wildman–Crippen LogP) is 4.39. The monoisotopic (exact) mass is 550 g/mol. The molecule has 1 saturated heterocycles. The molecule has 1 amide bonds. The molecule has 1 aliphatic heterocycles. The molecule has 3 rings (SSSR count). The Labute approximate surface area is 209 Å². The second-order valence-corrected chi connectivity index (χ2v) is 10.6. The summed E-state index contributed by atoms with van der Waals surface area (Å²) in [5.74, 6) is -0.390. The van der Waals surface area contributed by atoms with Crippen LogP contribution in [-0.4, -0.2) is 42.9 Å². The Morgan fingerprint density at radius 1 is 1.14 bits per heavy atom. The van der Waals surface area contributed by atoms with E-state index >= 15 is 0 Å². The van der Waals surface area contributed by atoms with Gasteiger partial charge in [-0.25, -0.2) is 8.42 Å². The maximum absolute atomic E-state index is 13.6. The molecule has 1 fully saturated rings. The standard InChI is InChI=1S/C23H24F6N4O3S/c1-15-6-10-33(11-7-15)21(34)19(8-12-32-9-2-3-17(32)14-30)31-37(35,36)20-13-16(22(24,25)26)4-5-18(20)23(27,28)29/h2-5,9,13,15,19,31H,6-8,10-12H2,1H3. The second-order valence-electron chi connectivity index (χ2n) is 8.88. The first-order valence-corrected chi connectivity index (χ1v) is 12.8. The largest absolute Gasteiger partial charge is 0.417 e. The number of aryl methyl sites for hydroxylation is 1. The van der Waals surface area contributed by atoms with Gasteiger partial charge in [0.2, 0.25) is 15.9 Å². The molecular formula is C23H24F6N4O3S. The van der Waals surface area contributed by atoms with Crippen LogP contribution in [0.4, 0.5) is 26.3 Å². The minimum Gasteiger partial charge on any atom is -0.341 e. The molecule has 37 heavy (non-hydrogen) atoms. The number of aromatic nitrogens is 1. The summed E-state index contributed by atoms with van der Waals surface area (Å²) in [5.41, 5.74) is -3.17. The van der Waals surface area contributed by atoms with Gasteiger partial charge in [-0.05, 0) is 55.5 Å². The van der Waals surface area contributed by atoms with Crippen molar-refractivity contribution in [1.82, 2.24) is 14.2 Å². The molecule has 14 heteroatoms. The molecule has 0 radical (unpaired) electrons. The van der Waals surface area contributed by atoms with E-state index in [9.17, 15) is 44.8 Å². The summed E-state index contributed by atoms with van der Waals surface area (Å²) in [6.07, 6.45) is -7.86. The third-order valence-corrected chi connectivity index (χ3v) is 7.71. The lowest BCUT2D eigenvalue weighted by atomic mass is 9.98. The number of amides is 1. The average molecular weight is 551 g/mol. The van der Waals surface area contributed by atoms with Crippen LogP contribution in [0.25, 0.3) is 0 Å². The van der Waals surface area contributed by atoms with Gasteiger partial charge < -0.3 is 9.47 Å². The fourth-order valence-electron chi connectivity index (χ4n) is 4.07. The van der Waals surface area contributed by atoms with Crippen LogP contribution in [0.5, 0.6) is 0 Å². The SMILES string of the molecule is CC1CCN(C(=O)C(CCn2cccc2C#N)NS(=O)(=O)c2cc(C(F)(F)F)ccc2C(F)(F)F)CC1. The normalized spacial score (nSPS) is 16.4. The topological polar surface area (TPSA) is 95.2 Å². The maximum Gasteiger partial charge on any atom is 0.417 e. The highest BCUT2D eigenvalue weighted by atomic mass is 32.2. The van der Waals surface area contributed by atoms with Crippen LogP contribution in [0, 0.1) is 17.2 Å². The van der Waals surface area contributed by atoms with Crippen molar-refractivity contribution in [3.05, 3.63) is 53.3 Å². The van der Waals surface area contributed by atoms with Gasteiger partial charge in [0.15, 0.2) is 0 Å². The molecule has 0 saturated carbocycles. The number of likely N-dealkylation sites (tertiary alicyclic amines) is 1. The number of hydrogen-bond acceptors (Lipinski definition) is 4. The van der Waals surface area contributed by atoms with Crippen molar-refractivity contribution in [2.75, 3.05) is 13.1 Å². The minimum absolute atomic E-state index is 0.0478. The number of piperidine rings is 1. The average Bonchev–Trinajstić information content (AvgIpc) is 3.28. The molecule has 1 atom stereocenters. The van der Waals surface area contributed by atoms with Gasteiger partial charge in [0.25, 0.3) is 0 Å². The van der Waals surface area contributed by atoms with Crippen molar-refractivity contribution in [3.63, 3.8) is 0 Å². The molecule has 1 unspecified atom stereocenters. The summed E-state index contributed by atoms with van der Waals surface area (Å²) < 4.78 is 110. The fourth-order valence-corrected chi connectivity index (χ4v) is 5.54. The highest BCUT2D eigenvalue weighted by Crippen LogP contribution is 2.38. The molecular weight excluding hydrogens is 526 g/mol. The van der Waals surface area contributed by atoms with Gasteiger partial charge in [0, 0.05) is 25.8 Å². The summed E-state index contributed by atoms with van der Waals surface area (Å²) in [5, 5.41) is 9.19. The van der Waals surface area contributed by atoms with Crippen LogP contribution in [-0.2, 0) is 33.7 Å². The van der Waals surface area contributed by atoms with Crippen molar-refractivity contribution < 1.29 is 39.6 Å². The van der Waals surface area contributed by atoms with Crippen molar-refractivity contribution in [3.8, 4) is 6.07 Å². The fraction of sp³-hybridized carbons (Fsp3) is 0.478. The van der Waals surface area contributed by atoms with E-state index in [1.54, 1.807) is 6.07 Å². The van der Waals surface area contributed by atoms with Gasteiger partial charge >= 0.3 is 12.4 Å². The first-order chi connectivity index (χ1) is 17.1. The summed E-state index contributed by atoms with van der Waals surface area (Å²) >= 11 is 0. The highest BCUT2D eigenvalue weighted by molar-refractivity contribution is 7.89. The first kappa shape index (κ1) is 28.5. The molecule has 0 aliphatic carbocycles. The van der Waals surface area contributed by atoms with Gasteiger partial charge in [0.05, 0.1) is 16.0 Å². The Morgan fingerprint density at radius 3 is 2.35 bits per heavy atom. The Morgan fingerprint density at radius 2 is 1.78 bits per heavy atom. The predicted molar refractivity (Wildman–Crippen MR) is 119 cm³/mol. The van der Waals surface area contributed by atoms with Crippen LogP contribution >= 0.6 is 0 Å². The molecule has 1 aromatic carbocycles. The molecule has 2 aromatic rings. The van der Waals surface area contributed by atoms with Crippen molar-refractivity contribution in [1.29, 1.82) is 5.26 Å². The van der Waals surface area contributed by atoms with Gasteiger partial charge in [-0.2, -0.15) is 36.3 Å². The van der Waals surface area contributed by atoms with E-state index in [2.05, 4.69) is 0 Å². The summed E-state index contributed by atoms with van der Waals surface area (Å²) in [6, 6.07) is 3.47. The van der Waals surface area contributed by atoms with Gasteiger partial charge in [-0.1, -0.05) is 6.92 Å². The molecule has 2 heterocycles. The number of rotatable bonds is 7. The van der Waals surface area contributed by atoms with Crippen LogP contribution in [0.1, 0.15) is 43.0 Å². The third kappa shape index (κ3) is 6.84. The van der Waals surface area contributed by atoms with Crippen LogP contribution in [0.15, 0.2) is 41.4 Å². The lowest BCUT2D eigenvalue weighted by Gasteiger charge is -2.33. The smallest absolute Gasteiger partial charge is 0.341 e. The summed E-state index contributed by atoms with van der Waals surface area (Å²) in [6.45, 7) is 2.52. The van der Waals surface area contributed by atoms with E-state index in [1.807, 2.05) is 17.7 Å². The zero-order chi connectivity index (χ0) is 27.6. The van der Waals surface area contributed by atoms with Crippen molar-refractivity contribution in [2.24, 2.45) is 5.92 Å². The molecule has 7 nitrogen and oxygen atoms in total.